The second kappa shape index (κ2) is 7.06. The van der Waals surface area contributed by atoms with E-state index in [1.165, 1.54) is 7.11 Å². The number of carbonyl (C=O) groups excluding carboxylic acids is 1. The van der Waals surface area contributed by atoms with Gasteiger partial charge in [0.25, 0.3) is 5.91 Å². The Morgan fingerprint density at radius 3 is 2.70 bits per heavy atom. The van der Waals surface area contributed by atoms with Crippen LogP contribution in [0, 0.1) is 6.92 Å². The van der Waals surface area contributed by atoms with Crippen molar-refractivity contribution in [3.05, 3.63) is 59.5 Å². The topological polar surface area (TPSA) is 82.4 Å². The van der Waals surface area contributed by atoms with Crippen LogP contribution in [0.3, 0.4) is 0 Å². The molecule has 1 aromatic carbocycles. The van der Waals surface area contributed by atoms with E-state index in [0.29, 0.717) is 36.9 Å². The first-order valence-corrected chi connectivity index (χ1v) is 8.60. The summed E-state index contributed by atoms with van der Waals surface area (Å²) >= 11 is 0. The fraction of sp³-hybridized carbons (Fsp3) is 0.263. The van der Waals surface area contributed by atoms with Crippen molar-refractivity contribution in [2.45, 2.75) is 20.1 Å². The lowest BCUT2D eigenvalue weighted by molar-refractivity contribution is 0.0961. The van der Waals surface area contributed by atoms with E-state index < -0.39 is 0 Å². The van der Waals surface area contributed by atoms with E-state index in [0.717, 1.165) is 11.4 Å². The third-order valence-electron chi connectivity index (χ3n) is 4.24. The zero-order valence-corrected chi connectivity index (χ0v) is 15.1. The van der Waals surface area contributed by atoms with Crippen LogP contribution in [-0.4, -0.2) is 39.3 Å². The number of anilines is 1. The smallest absolute Gasteiger partial charge is 0.318 e. The van der Waals surface area contributed by atoms with Gasteiger partial charge in [-0.1, -0.05) is 18.2 Å². The molecule has 2 aromatic heterocycles. The van der Waals surface area contributed by atoms with Gasteiger partial charge in [-0.2, -0.15) is 10.1 Å². The minimum Gasteiger partial charge on any atom is -0.487 e. The van der Waals surface area contributed by atoms with Crippen molar-refractivity contribution in [3.8, 4) is 11.8 Å². The fourth-order valence-corrected chi connectivity index (χ4v) is 2.97. The number of carbonyl (C=O) groups is 1. The summed E-state index contributed by atoms with van der Waals surface area (Å²) in [6, 6.07) is 13.3. The number of fused-ring (bicyclic) bond motifs is 1. The summed E-state index contributed by atoms with van der Waals surface area (Å²) < 4.78 is 12.6. The van der Waals surface area contributed by atoms with Gasteiger partial charge in [0.15, 0.2) is 0 Å². The predicted molar refractivity (Wildman–Crippen MR) is 98.0 cm³/mol. The third kappa shape index (κ3) is 3.46. The highest BCUT2D eigenvalue weighted by Crippen LogP contribution is 2.22. The number of para-hydroxylation sites is 1. The molecule has 1 amide bonds. The molecule has 0 radical (unpaired) electrons. The molecule has 0 unspecified atom stereocenters. The molecule has 0 aliphatic carbocycles. The lowest BCUT2D eigenvalue weighted by Crippen LogP contribution is -2.41. The Hall–Kier alpha value is -3.42. The van der Waals surface area contributed by atoms with Crippen LogP contribution in [0.25, 0.3) is 0 Å². The monoisotopic (exact) mass is 365 g/mol. The van der Waals surface area contributed by atoms with Crippen LogP contribution in [-0.2, 0) is 13.2 Å². The molecule has 1 aliphatic rings. The first kappa shape index (κ1) is 17.0. The van der Waals surface area contributed by atoms with Crippen LogP contribution in [0.1, 0.15) is 21.9 Å². The minimum absolute atomic E-state index is 0.153. The zero-order valence-electron chi connectivity index (χ0n) is 15.1. The van der Waals surface area contributed by atoms with E-state index in [1.807, 2.05) is 37.3 Å². The van der Waals surface area contributed by atoms with E-state index >= 15 is 0 Å². The van der Waals surface area contributed by atoms with Gasteiger partial charge in [0.05, 0.1) is 13.7 Å². The van der Waals surface area contributed by atoms with Gasteiger partial charge in [-0.05, 0) is 25.1 Å². The second-order valence-electron chi connectivity index (χ2n) is 6.16. The molecule has 0 spiro atoms. The molecule has 0 N–H and O–H groups in total. The van der Waals surface area contributed by atoms with Crippen molar-refractivity contribution >= 4 is 11.7 Å². The quantitative estimate of drug-likeness (QED) is 0.690. The van der Waals surface area contributed by atoms with Crippen molar-refractivity contribution in [3.63, 3.8) is 0 Å². The number of aromatic nitrogens is 4. The van der Waals surface area contributed by atoms with Crippen LogP contribution >= 0.6 is 0 Å². The summed E-state index contributed by atoms with van der Waals surface area (Å²) in [6.07, 6.45) is 0. The molecule has 3 heterocycles. The number of methoxy groups -OCH3 is 1. The molecule has 0 fully saturated rings. The van der Waals surface area contributed by atoms with Gasteiger partial charge < -0.3 is 9.47 Å². The summed E-state index contributed by atoms with van der Waals surface area (Å²) in [5.41, 5.74) is 1.96. The molecular weight excluding hydrogens is 346 g/mol. The summed E-state index contributed by atoms with van der Waals surface area (Å²) in [4.78, 5) is 23.0. The highest BCUT2D eigenvalue weighted by Gasteiger charge is 2.29. The molecule has 0 atom stereocenters. The maximum atomic E-state index is 12.9. The van der Waals surface area contributed by atoms with Gasteiger partial charge in [-0.3, -0.25) is 14.4 Å². The Labute approximate surface area is 156 Å². The van der Waals surface area contributed by atoms with E-state index in [4.69, 9.17) is 9.47 Å². The second-order valence-corrected chi connectivity index (χ2v) is 6.16. The molecule has 1 aliphatic heterocycles. The fourth-order valence-electron chi connectivity index (χ4n) is 2.97. The Kier molecular flexibility index (Phi) is 4.45. The summed E-state index contributed by atoms with van der Waals surface area (Å²) in [6.45, 7) is 3.20. The SMILES string of the molecule is COc1nc(C)cc(N2CCn3nc(COc4ccccc4)cc3C2=O)n1. The number of hydrogen-bond donors (Lipinski definition) is 0. The lowest BCUT2D eigenvalue weighted by Gasteiger charge is -2.26. The van der Waals surface area contributed by atoms with Crippen molar-refractivity contribution in [2.75, 3.05) is 18.6 Å². The van der Waals surface area contributed by atoms with E-state index in [-0.39, 0.29) is 11.9 Å². The molecule has 8 nitrogen and oxygen atoms in total. The molecule has 27 heavy (non-hydrogen) atoms. The molecular formula is C19H19N5O3. The standard InChI is InChI=1S/C19H19N5O3/c1-13-10-17(21-19(20-13)26-2)23-8-9-24-16(18(23)25)11-14(22-24)12-27-15-6-4-3-5-7-15/h3-7,10-11H,8-9,12H2,1-2H3. The van der Waals surface area contributed by atoms with Crippen LogP contribution in [0.2, 0.25) is 0 Å². The van der Waals surface area contributed by atoms with Crippen molar-refractivity contribution in [1.29, 1.82) is 0 Å². The third-order valence-corrected chi connectivity index (χ3v) is 4.24. The molecule has 0 saturated heterocycles. The number of hydrogen-bond acceptors (Lipinski definition) is 6. The van der Waals surface area contributed by atoms with Gasteiger partial charge in [0.2, 0.25) is 0 Å². The largest absolute Gasteiger partial charge is 0.487 e. The molecule has 0 bridgehead atoms. The maximum Gasteiger partial charge on any atom is 0.318 e. The van der Waals surface area contributed by atoms with Crippen molar-refractivity contribution in [1.82, 2.24) is 19.7 Å². The Morgan fingerprint density at radius 2 is 1.93 bits per heavy atom. The number of ether oxygens (including phenoxy) is 2. The Balaban J connectivity index is 1.54. The maximum absolute atomic E-state index is 12.9. The normalized spacial score (nSPS) is 13.4. The first-order chi connectivity index (χ1) is 13.1. The van der Waals surface area contributed by atoms with Crippen LogP contribution in [0.15, 0.2) is 42.5 Å². The van der Waals surface area contributed by atoms with Crippen molar-refractivity contribution in [2.24, 2.45) is 0 Å². The van der Waals surface area contributed by atoms with Gasteiger partial charge in [0.1, 0.15) is 29.6 Å². The minimum atomic E-state index is -0.153. The van der Waals surface area contributed by atoms with Gasteiger partial charge in [0, 0.05) is 18.3 Å². The number of rotatable bonds is 5. The molecule has 8 heteroatoms. The molecule has 0 saturated carbocycles. The van der Waals surface area contributed by atoms with Crippen LogP contribution < -0.4 is 14.4 Å². The van der Waals surface area contributed by atoms with Gasteiger partial charge >= 0.3 is 6.01 Å². The zero-order chi connectivity index (χ0) is 18.8. The van der Waals surface area contributed by atoms with E-state index in [2.05, 4.69) is 15.1 Å². The summed E-state index contributed by atoms with van der Waals surface area (Å²) in [5, 5.41) is 4.48. The number of aryl methyl sites for hydroxylation is 1. The summed E-state index contributed by atoms with van der Waals surface area (Å²) in [5.74, 6) is 1.14. The average molecular weight is 365 g/mol. The Bertz CT molecular complexity index is 971. The molecule has 4 rings (SSSR count). The predicted octanol–water partition coefficient (Wildman–Crippen LogP) is 2.23. The van der Waals surface area contributed by atoms with Gasteiger partial charge in [-0.25, -0.2) is 4.98 Å². The lowest BCUT2D eigenvalue weighted by atomic mass is 10.2. The van der Waals surface area contributed by atoms with Crippen LogP contribution in [0.4, 0.5) is 5.82 Å². The van der Waals surface area contributed by atoms with Gasteiger partial charge in [-0.15, -0.1) is 0 Å². The van der Waals surface area contributed by atoms with E-state index in [1.54, 1.807) is 21.7 Å². The van der Waals surface area contributed by atoms with E-state index in [9.17, 15) is 4.79 Å². The average Bonchev–Trinajstić information content (AvgIpc) is 3.11. The number of benzene rings is 1. The first-order valence-electron chi connectivity index (χ1n) is 8.60. The highest BCUT2D eigenvalue weighted by atomic mass is 16.5. The highest BCUT2D eigenvalue weighted by molar-refractivity contribution is 6.05. The van der Waals surface area contributed by atoms with Crippen molar-refractivity contribution < 1.29 is 14.3 Å². The molecule has 138 valence electrons. The summed E-state index contributed by atoms with van der Waals surface area (Å²) in [7, 11) is 1.50. The number of nitrogens with zero attached hydrogens (tertiary/aromatic N) is 5. The van der Waals surface area contributed by atoms with Crippen LogP contribution in [0.5, 0.6) is 11.8 Å². The molecule has 3 aromatic rings. The number of amides is 1. The Morgan fingerprint density at radius 1 is 1.11 bits per heavy atom.